The summed E-state index contributed by atoms with van der Waals surface area (Å²) in [6.45, 7) is 9.44. The minimum atomic E-state index is -0.102. The van der Waals surface area contributed by atoms with E-state index in [1.54, 1.807) is 0 Å². The molecule has 432 valence electrons. The predicted octanol–water partition coefficient (Wildman–Crippen LogP) is 22.0. The summed E-state index contributed by atoms with van der Waals surface area (Å²) in [4.78, 5) is 11.3. The third kappa shape index (κ3) is 6.98. The van der Waals surface area contributed by atoms with E-state index in [4.69, 9.17) is 9.97 Å². The molecule has 0 unspecified atom stereocenters. The molecule has 0 amide bonds. The van der Waals surface area contributed by atoms with Gasteiger partial charge >= 0.3 is 0 Å². The van der Waals surface area contributed by atoms with Gasteiger partial charge in [0.05, 0.1) is 55.2 Å². The monoisotopic (exact) mass is 1170 g/mol. The maximum atomic E-state index is 5.65. The molecule has 6 heteroatoms. The molecule has 20 rings (SSSR count). The summed E-state index contributed by atoms with van der Waals surface area (Å²) in [6, 6.07) is 103. The van der Waals surface area contributed by atoms with Crippen LogP contribution in [0.25, 0.3) is 166 Å². The lowest BCUT2D eigenvalue weighted by atomic mass is 9.82. The molecule has 0 N–H and O–H groups in total. The summed E-state index contributed by atoms with van der Waals surface area (Å²) in [6.07, 6.45) is 0. The van der Waals surface area contributed by atoms with Gasteiger partial charge in [-0.05, 0) is 176 Å². The number of aromatic nitrogens is 6. The second-order valence-electron chi connectivity index (χ2n) is 26.5. The van der Waals surface area contributed by atoms with Crippen LogP contribution in [0.4, 0.5) is 0 Å². The molecule has 0 fully saturated rings. The first-order chi connectivity index (χ1) is 45.1. The number of hydrogen-bond donors (Lipinski definition) is 0. The lowest BCUT2D eigenvalue weighted by molar-refractivity contribution is 0.660. The smallest absolute Gasteiger partial charge is 0.182 e. The van der Waals surface area contributed by atoms with E-state index >= 15 is 0 Å². The number of para-hydroxylation sites is 6. The summed E-state index contributed by atoms with van der Waals surface area (Å²) in [5, 5.41) is 9.53. The Morgan fingerprint density at radius 3 is 0.880 bits per heavy atom. The van der Waals surface area contributed by atoms with Crippen molar-refractivity contribution >= 4 is 98.3 Å². The van der Waals surface area contributed by atoms with Gasteiger partial charge in [-0.2, -0.15) is 0 Å². The quantitative estimate of drug-likeness (QED) is 0.167. The minimum Gasteiger partial charge on any atom is -0.309 e. The zero-order valence-electron chi connectivity index (χ0n) is 51.2. The van der Waals surface area contributed by atoms with Crippen molar-refractivity contribution in [2.24, 2.45) is 0 Å². The first kappa shape index (κ1) is 51.3. The maximum Gasteiger partial charge on any atom is 0.182 e. The van der Waals surface area contributed by atoms with Crippen LogP contribution >= 0.6 is 0 Å². The molecule has 18 aromatic rings. The van der Waals surface area contributed by atoms with Crippen molar-refractivity contribution in [1.29, 1.82) is 0 Å². The molecule has 0 aliphatic heterocycles. The van der Waals surface area contributed by atoms with Gasteiger partial charge in [-0.1, -0.05) is 198 Å². The van der Waals surface area contributed by atoms with Crippen LogP contribution < -0.4 is 0 Å². The lowest BCUT2D eigenvalue weighted by Gasteiger charge is -2.22. The molecule has 0 radical (unpaired) electrons. The van der Waals surface area contributed by atoms with E-state index in [2.05, 4.69) is 325 Å². The van der Waals surface area contributed by atoms with Crippen LogP contribution in [0.3, 0.4) is 0 Å². The zero-order chi connectivity index (χ0) is 60.9. The van der Waals surface area contributed by atoms with Gasteiger partial charge in [0.15, 0.2) is 11.6 Å². The van der Waals surface area contributed by atoms with Gasteiger partial charge in [0, 0.05) is 65.3 Å². The molecule has 5 aromatic heterocycles. The molecule has 0 spiro atoms. The van der Waals surface area contributed by atoms with Crippen LogP contribution in [0.15, 0.2) is 279 Å². The standard InChI is InChI=1S/C86H58N6/c1-85(2)69-25-11-5-19-57(69)59-39-37-55(49-71(59)85)89-75-29-15-7-21-61(75)65-45-51(33-41-79(65)89)53-35-43-81-67(47-53)63-23-9-17-31-77(63)91(81)83-84(88-74-28-14-13-27-73(74)87-83)92-78-32-18-10-24-64(78)68-48-54(36-44-82(68)92)52-34-42-80-66(46-52)62-22-8-16-30-76(62)90(80)56-38-40-60-58-20-6-12-26-70(58)86(3,4)72(60)50-56/h5-50H,1-4H3. The average Bonchev–Trinajstić information content (AvgIpc) is 1.57. The van der Waals surface area contributed by atoms with Crippen molar-refractivity contribution in [1.82, 2.24) is 28.2 Å². The summed E-state index contributed by atoms with van der Waals surface area (Å²) in [7, 11) is 0. The first-order valence-corrected chi connectivity index (χ1v) is 32.0. The highest BCUT2D eigenvalue weighted by Gasteiger charge is 2.37. The molecule has 5 heterocycles. The van der Waals surface area contributed by atoms with E-state index in [-0.39, 0.29) is 10.8 Å². The van der Waals surface area contributed by atoms with Crippen molar-refractivity contribution in [3.8, 4) is 67.5 Å². The van der Waals surface area contributed by atoms with E-state index in [1.807, 2.05) is 0 Å². The molecule has 0 bridgehead atoms. The molecular weight excluding hydrogens is 1120 g/mol. The number of rotatable bonds is 6. The van der Waals surface area contributed by atoms with E-state index in [1.165, 1.54) is 99.5 Å². The van der Waals surface area contributed by atoms with E-state index in [9.17, 15) is 0 Å². The van der Waals surface area contributed by atoms with Gasteiger partial charge in [0.2, 0.25) is 0 Å². The fourth-order valence-corrected chi connectivity index (χ4v) is 16.6. The fraction of sp³-hybridized carbons (Fsp3) is 0.0698. The van der Waals surface area contributed by atoms with Crippen molar-refractivity contribution < 1.29 is 0 Å². The van der Waals surface area contributed by atoms with Crippen molar-refractivity contribution in [2.45, 2.75) is 38.5 Å². The largest absolute Gasteiger partial charge is 0.309 e. The van der Waals surface area contributed by atoms with Gasteiger partial charge < -0.3 is 9.13 Å². The van der Waals surface area contributed by atoms with Crippen molar-refractivity contribution in [2.75, 3.05) is 0 Å². The predicted molar refractivity (Wildman–Crippen MR) is 383 cm³/mol. The third-order valence-corrected chi connectivity index (χ3v) is 21.0. The Hall–Kier alpha value is -11.6. The summed E-state index contributed by atoms with van der Waals surface area (Å²) < 4.78 is 9.61. The van der Waals surface area contributed by atoms with Crippen molar-refractivity contribution in [3.63, 3.8) is 0 Å². The first-order valence-electron chi connectivity index (χ1n) is 32.0. The maximum absolute atomic E-state index is 5.65. The Labute approximate surface area is 530 Å². The number of benzene rings is 13. The van der Waals surface area contributed by atoms with Gasteiger partial charge in [-0.25, -0.2) is 9.97 Å². The van der Waals surface area contributed by atoms with Crippen LogP contribution in [0, 0.1) is 0 Å². The normalized spacial score (nSPS) is 13.8. The molecule has 2 aliphatic carbocycles. The molecule has 92 heavy (non-hydrogen) atoms. The highest BCUT2D eigenvalue weighted by atomic mass is 15.2. The van der Waals surface area contributed by atoms with E-state index in [0.29, 0.717) is 0 Å². The highest BCUT2D eigenvalue weighted by Crippen LogP contribution is 2.52. The Morgan fingerprint density at radius 2 is 0.511 bits per heavy atom. The SMILES string of the molecule is CC1(C)c2ccccc2-c2ccc(-n3c4ccccc4c4cc(-c5ccc6c(c5)c5ccccc5n6-c5nc6ccccc6nc5-n5c6ccccc6c6cc(-c7ccc8c(c7)c7ccccc7n8-c7ccc8c(c7)C(C)(C)c7ccccc7-8)ccc65)ccc43)cc21. The molecule has 2 aliphatic rings. The summed E-state index contributed by atoms with van der Waals surface area (Å²) in [5.41, 5.74) is 28.3. The van der Waals surface area contributed by atoms with Gasteiger partial charge in [-0.3, -0.25) is 9.13 Å². The number of nitrogens with zero attached hydrogens (tertiary/aromatic N) is 6. The number of fused-ring (bicyclic) bond motifs is 19. The van der Waals surface area contributed by atoms with Gasteiger partial charge in [0.1, 0.15) is 0 Å². The second-order valence-corrected chi connectivity index (χ2v) is 26.5. The Bertz CT molecular complexity index is 5890. The van der Waals surface area contributed by atoms with Crippen LogP contribution in [0.5, 0.6) is 0 Å². The topological polar surface area (TPSA) is 45.5 Å². The average molecular weight is 1180 g/mol. The highest BCUT2D eigenvalue weighted by molar-refractivity contribution is 6.15. The Morgan fingerprint density at radius 1 is 0.228 bits per heavy atom. The zero-order valence-corrected chi connectivity index (χ0v) is 51.2. The van der Waals surface area contributed by atoms with Crippen molar-refractivity contribution in [3.05, 3.63) is 301 Å². The second kappa shape index (κ2) is 18.5. The molecule has 6 nitrogen and oxygen atoms in total. The van der Waals surface area contributed by atoms with E-state index in [0.717, 1.165) is 88.5 Å². The van der Waals surface area contributed by atoms with Crippen LogP contribution in [-0.4, -0.2) is 28.2 Å². The lowest BCUT2D eigenvalue weighted by Crippen LogP contribution is -2.15. The van der Waals surface area contributed by atoms with Gasteiger partial charge in [-0.15, -0.1) is 0 Å². The molecule has 0 atom stereocenters. The van der Waals surface area contributed by atoms with Crippen LogP contribution in [0.1, 0.15) is 49.9 Å². The Balaban J connectivity index is 0.718. The molecular formula is C86H58N6. The fourth-order valence-electron chi connectivity index (χ4n) is 16.6. The molecule has 13 aromatic carbocycles. The van der Waals surface area contributed by atoms with Gasteiger partial charge in [0.25, 0.3) is 0 Å². The van der Waals surface area contributed by atoms with Crippen LogP contribution in [0.2, 0.25) is 0 Å². The summed E-state index contributed by atoms with van der Waals surface area (Å²) >= 11 is 0. The van der Waals surface area contributed by atoms with E-state index < -0.39 is 0 Å². The summed E-state index contributed by atoms with van der Waals surface area (Å²) in [5.74, 6) is 1.53. The van der Waals surface area contributed by atoms with Crippen LogP contribution in [-0.2, 0) is 10.8 Å². The molecule has 0 saturated carbocycles. The third-order valence-electron chi connectivity index (χ3n) is 21.0. The number of hydrogen-bond acceptors (Lipinski definition) is 2. The molecule has 0 saturated heterocycles. The minimum absolute atomic E-state index is 0.102. The Kier molecular flexibility index (Phi) is 10.3.